The van der Waals surface area contributed by atoms with Gasteiger partial charge in [-0.2, -0.15) is 0 Å². The van der Waals surface area contributed by atoms with Gasteiger partial charge in [0.1, 0.15) is 0 Å². The first kappa shape index (κ1) is 12.2. The van der Waals surface area contributed by atoms with Gasteiger partial charge in [-0.3, -0.25) is 14.9 Å². The molecule has 16 heavy (non-hydrogen) atoms. The quantitative estimate of drug-likeness (QED) is 0.342. The van der Waals surface area contributed by atoms with Gasteiger partial charge >= 0.3 is 11.7 Å². The summed E-state index contributed by atoms with van der Waals surface area (Å²) >= 11 is 0. The lowest BCUT2D eigenvalue weighted by atomic mass is 10.0. The van der Waals surface area contributed by atoms with Gasteiger partial charge in [-0.25, -0.2) is 0 Å². The van der Waals surface area contributed by atoms with Crippen molar-refractivity contribution in [3.8, 4) is 5.75 Å². The first-order valence-corrected chi connectivity index (χ1v) is 4.88. The van der Waals surface area contributed by atoms with Crippen LogP contribution >= 0.6 is 0 Å². The lowest BCUT2D eigenvalue weighted by Gasteiger charge is -2.08. The number of esters is 1. The van der Waals surface area contributed by atoms with Crippen LogP contribution in [0, 0.1) is 10.1 Å². The zero-order chi connectivity index (χ0) is 12.3. The standard InChI is InChI=1S/C11H13NO4/c1-7(2)9-4-5-10(12(14)15)11(6-9)16-8(3)13/h4-7H,1-3H3. The molecule has 0 aliphatic rings. The summed E-state index contributed by atoms with van der Waals surface area (Å²) in [5.41, 5.74) is 0.696. The molecule has 1 aromatic carbocycles. The highest BCUT2D eigenvalue weighted by atomic mass is 16.6. The molecular weight excluding hydrogens is 210 g/mol. The molecule has 0 saturated carbocycles. The number of nitro groups is 1. The van der Waals surface area contributed by atoms with E-state index in [1.54, 1.807) is 6.07 Å². The fourth-order valence-corrected chi connectivity index (χ4v) is 1.28. The molecule has 5 heteroatoms. The number of nitrogens with zero attached hydrogens (tertiary/aromatic N) is 1. The van der Waals surface area contributed by atoms with Gasteiger partial charge in [0.25, 0.3) is 0 Å². The highest BCUT2D eigenvalue weighted by Crippen LogP contribution is 2.30. The van der Waals surface area contributed by atoms with E-state index in [4.69, 9.17) is 4.74 Å². The summed E-state index contributed by atoms with van der Waals surface area (Å²) in [5, 5.41) is 10.7. The Bertz CT molecular complexity index is 426. The number of hydrogen-bond donors (Lipinski definition) is 0. The van der Waals surface area contributed by atoms with Gasteiger partial charge in [0, 0.05) is 13.0 Å². The number of rotatable bonds is 3. The minimum absolute atomic E-state index is 0.00343. The minimum atomic E-state index is -0.567. The summed E-state index contributed by atoms with van der Waals surface area (Å²) in [4.78, 5) is 21.0. The van der Waals surface area contributed by atoms with Crippen LogP contribution in [0.25, 0.3) is 0 Å². The smallest absolute Gasteiger partial charge is 0.311 e. The van der Waals surface area contributed by atoms with Crippen LogP contribution in [0.4, 0.5) is 5.69 Å². The molecule has 1 rings (SSSR count). The molecule has 0 aliphatic carbocycles. The molecule has 5 nitrogen and oxygen atoms in total. The predicted molar refractivity (Wildman–Crippen MR) is 58.5 cm³/mol. The first-order valence-electron chi connectivity index (χ1n) is 4.88. The molecule has 0 amide bonds. The van der Waals surface area contributed by atoms with Crippen molar-refractivity contribution in [3.05, 3.63) is 33.9 Å². The second-order valence-corrected chi connectivity index (χ2v) is 3.73. The minimum Gasteiger partial charge on any atom is -0.419 e. The molecule has 0 heterocycles. The van der Waals surface area contributed by atoms with Crippen LogP contribution in [0.15, 0.2) is 18.2 Å². The van der Waals surface area contributed by atoms with E-state index in [0.717, 1.165) is 5.56 Å². The van der Waals surface area contributed by atoms with Crippen molar-refractivity contribution >= 4 is 11.7 Å². The number of benzene rings is 1. The van der Waals surface area contributed by atoms with E-state index in [2.05, 4.69) is 0 Å². The number of nitro benzene ring substituents is 1. The highest BCUT2D eigenvalue weighted by molar-refractivity contribution is 5.71. The molecule has 0 atom stereocenters. The summed E-state index contributed by atoms with van der Waals surface area (Å²) in [6, 6.07) is 4.55. The lowest BCUT2D eigenvalue weighted by molar-refractivity contribution is -0.385. The molecule has 0 radical (unpaired) electrons. The Balaban J connectivity index is 3.20. The molecule has 0 N–H and O–H groups in total. The fourth-order valence-electron chi connectivity index (χ4n) is 1.28. The third-order valence-corrected chi connectivity index (χ3v) is 2.10. The van der Waals surface area contributed by atoms with Crippen molar-refractivity contribution in [1.82, 2.24) is 0 Å². The molecule has 0 bridgehead atoms. The average Bonchev–Trinajstić information content (AvgIpc) is 2.15. The van der Waals surface area contributed by atoms with Gasteiger partial charge in [0.05, 0.1) is 4.92 Å². The summed E-state index contributed by atoms with van der Waals surface area (Å²) in [6.07, 6.45) is 0. The summed E-state index contributed by atoms with van der Waals surface area (Å²) in [5.74, 6) is -0.345. The van der Waals surface area contributed by atoms with Crippen LogP contribution in [0.5, 0.6) is 5.75 Å². The maximum atomic E-state index is 10.8. The van der Waals surface area contributed by atoms with E-state index in [9.17, 15) is 14.9 Å². The van der Waals surface area contributed by atoms with Crippen LogP contribution in [0.3, 0.4) is 0 Å². The van der Waals surface area contributed by atoms with Crippen LogP contribution in [0.2, 0.25) is 0 Å². The van der Waals surface area contributed by atoms with Crippen LogP contribution in [-0.4, -0.2) is 10.9 Å². The van der Waals surface area contributed by atoms with E-state index >= 15 is 0 Å². The molecule has 0 aromatic heterocycles. The van der Waals surface area contributed by atoms with E-state index in [1.807, 2.05) is 13.8 Å². The molecule has 0 saturated heterocycles. The van der Waals surface area contributed by atoms with E-state index in [0.29, 0.717) is 0 Å². The van der Waals surface area contributed by atoms with E-state index < -0.39 is 10.9 Å². The van der Waals surface area contributed by atoms with Crippen LogP contribution in [0.1, 0.15) is 32.3 Å². The Labute approximate surface area is 93.2 Å². The zero-order valence-electron chi connectivity index (χ0n) is 9.39. The van der Waals surface area contributed by atoms with Gasteiger partial charge in [-0.1, -0.05) is 19.9 Å². The summed E-state index contributed by atoms with van der Waals surface area (Å²) in [7, 11) is 0. The van der Waals surface area contributed by atoms with Gasteiger partial charge in [-0.05, 0) is 17.5 Å². The molecule has 1 aromatic rings. The van der Waals surface area contributed by atoms with Gasteiger partial charge < -0.3 is 4.74 Å². The third-order valence-electron chi connectivity index (χ3n) is 2.10. The summed E-state index contributed by atoms with van der Waals surface area (Å²) < 4.78 is 4.82. The molecule has 0 spiro atoms. The van der Waals surface area contributed by atoms with Crippen molar-refractivity contribution < 1.29 is 14.5 Å². The number of carbonyl (C=O) groups excluding carboxylic acids is 1. The largest absolute Gasteiger partial charge is 0.419 e. The Morgan fingerprint density at radius 1 is 1.44 bits per heavy atom. The SMILES string of the molecule is CC(=O)Oc1cc(C(C)C)ccc1[N+](=O)[O-]. The monoisotopic (exact) mass is 223 g/mol. The molecule has 86 valence electrons. The molecule has 0 aliphatic heterocycles. The van der Waals surface area contributed by atoms with Crippen LogP contribution in [-0.2, 0) is 4.79 Å². The number of carbonyl (C=O) groups is 1. The Kier molecular flexibility index (Phi) is 3.60. The van der Waals surface area contributed by atoms with Crippen molar-refractivity contribution in [1.29, 1.82) is 0 Å². The molecule has 0 fully saturated rings. The van der Waals surface area contributed by atoms with Crippen LogP contribution < -0.4 is 4.74 Å². The molecule has 0 unspecified atom stereocenters. The predicted octanol–water partition coefficient (Wildman–Crippen LogP) is 2.64. The number of hydrogen-bond acceptors (Lipinski definition) is 4. The second kappa shape index (κ2) is 4.74. The van der Waals surface area contributed by atoms with Gasteiger partial charge in [-0.15, -0.1) is 0 Å². The maximum absolute atomic E-state index is 10.8. The first-order chi connectivity index (χ1) is 7.41. The fraction of sp³-hybridized carbons (Fsp3) is 0.364. The second-order valence-electron chi connectivity index (χ2n) is 3.73. The maximum Gasteiger partial charge on any atom is 0.311 e. The van der Waals surface area contributed by atoms with E-state index in [1.165, 1.54) is 19.1 Å². The topological polar surface area (TPSA) is 69.4 Å². The van der Waals surface area contributed by atoms with Crippen molar-refractivity contribution in [3.63, 3.8) is 0 Å². The van der Waals surface area contributed by atoms with E-state index in [-0.39, 0.29) is 17.4 Å². The van der Waals surface area contributed by atoms with Gasteiger partial charge in [0.15, 0.2) is 0 Å². The highest BCUT2D eigenvalue weighted by Gasteiger charge is 2.17. The lowest BCUT2D eigenvalue weighted by Crippen LogP contribution is -2.05. The Hall–Kier alpha value is -1.91. The third kappa shape index (κ3) is 2.79. The number of ether oxygens (including phenoxy) is 1. The van der Waals surface area contributed by atoms with Gasteiger partial charge in [0.2, 0.25) is 5.75 Å². The Morgan fingerprint density at radius 3 is 2.50 bits per heavy atom. The molecular formula is C11H13NO4. The van der Waals surface area contributed by atoms with Crippen molar-refractivity contribution in [2.24, 2.45) is 0 Å². The zero-order valence-corrected chi connectivity index (χ0v) is 9.39. The van der Waals surface area contributed by atoms with Crippen molar-refractivity contribution in [2.75, 3.05) is 0 Å². The Morgan fingerprint density at radius 2 is 2.06 bits per heavy atom. The average molecular weight is 223 g/mol. The van der Waals surface area contributed by atoms with Crippen molar-refractivity contribution in [2.45, 2.75) is 26.7 Å². The normalized spacial score (nSPS) is 10.2. The summed E-state index contributed by atoms with van der Waals surface area (Å²) in [6.45, 7) is 5.13.